The molecule has 0 aliphatic carbocycles. The van der Waals surface area contributed by atoms with Crippen molar-refractivity contribution >= 4 is 27.4 Å². The summed E-state index contributed by atoms with van der Waals surface area (Å²) in [4.78, 5) is 9.66. The first kappa shape index (κ1) is 11.9. The highest BCUT2D eigenvalue weighted by molar-refractivity contribution is 7.16. The van der Waals surface area contributed by atoms with Gasteiger partial charge in [-0.15, -0.1) is 11.3 Å². The van der Waals surface area contributed by atoms with Crippen LogP contribution in [0, 0.1) is 5.41 Å². The first-order chi connectivity index (χ1) is 8.77. The van der Waals surface area contributed by atoms with Crippen molar-refractivity contribution < 1.29 is 4.74 Å². The maximum absolute atomic E-state index is 5.42. The Bertz CT molecular complexity index is 534. The first-order valence-corrected chi connectivity index (χ1v) is 7.15. The van der Waals surface area contributed by atoms with Crippen LogP contribution in [-0.2, 0) is 4.74 Å². The lowest BCUT2D eigenvalue weighted by atomic mass is 9.82. The van der Waals surface area contributed by atoms with Gasteiger partial charge < -0.3 is 10.1 Å². The van der Waals surface area contributed by atoms with E-state index < -0.39 is 0 Å². The molecule has 0 spiro atoms. The molecule has 3 heterocycles. The second-order valence-corrected chi connectivity index (χ2v) is 6.03. The lowest BCUT2D eigenvalue weighted by Gasteiger charge is -2.33. The van der Waals surface area contributed by atoms with E-state index in [0.29, 0.717) is 5.41 Å². The van der Waals surface area contributed by atoms with Crippen LogP contribution in [0.25, 0.3) is 10.2 Å². The minimum absolute atomic E-state index is 0.311. The highest BCUT2D eigenvalue weighted by Gasteiger charge is 2.27. The zero-order valence-electron chi connectivity index (χ0n) is 10.5. The summed E-state index contributed by atoms with van der Waals surface area (Å²) in [6.07, 6.45) is 3.85. The van der Waals surface area contributed by atoms with Crippen LogP contribution in [-0.4, -0.2) is 29.7 Å². The quantitative estimate of drug-likeness (QED) is 0.925. The van der Waals surface area contributed by atoms with Crippen LogP contribution in [0.1, 0.15) is 19.8 Å². The Hall–Kier alpha value is -1.20. The molecule has 2 aromatic rings. The van der Waals surface area contributed by atoms with Gasteiger partial charge in [0.2, 0.25) is 0 Å². The molecule has 4 nitrogen and oxygen atoms in total. The average Bonchev–Trinajstić information content (AvgIpc) is 2.86. The van der Waals surface area contributed by atoms with Gasteiger partial charge >= 0.3 is 0 Å². The summed E-state index contributed by atoms with van der Waals surface area (Å²) in [5.41, 5.74) is 0.311. The topological polar surface area (TPSA) is 47.0 Å². The van der Waals surface area contributed by atoms with Crippen LogP contribution in [0.4, 0.5) is 5.82 Å². The Morgan fingerprint density at radius 2 is 2.22 bits per heavy atom. The Morgan fingerprint density at radius 3 is 3.06 bits per heavy atom. The third-order valence-electron chi connectivity index (χ3n) is 3.64. The molecule has 0 amide bonds. The van der Waals surface area contributed by atoms with Crippen LogP contribution in [0.2, 0.25) is 0 Å². The number of aromatic nitrogens is 2. The van der Waals surface area contributed by atoms with E-state index in [1.807, 2.05) is 0 Å². The molecule has 0 atom stereocenters. The van der Waals surface area contributed by atoms with Gasteiger partial charge in [0.1, 0.15) is 17.0 Å². The molecular formula is C13H17N3OS. The predicted octanol–water partition coefficient (Wildman–Crippen LogP) is 2.92. The van der Waals surface area contributed by atoms with Crippen molar-refractivity contribution in [1.29, 1.82) is 0 Å². The van der Waals surface area contributed by atoms with Crippen LogP contribution < -0.4 is 5.32 Å². The molecule has 3 rings (SSSR count). The van der Waals surface area contributed by atoms with Crippen molar-refractivity contribution in [3.63, 3.8) is 0 Å². The van der Waals surface area contributed by atoms with Gasteiger partial charge in [0.25, 0.3) is 0 Å². The lowest BCUT2D eigenvalue weighted by molar-refractivity contribution is 0.0300. The number of fused-ring (bicyclic) bond motifs is 1. The van der Waals surface area contributed by atoms with Crippen molar-refractivity contribution in [2.75, 3.05) is 25.1 Å². The van der Waals surface area contributed by atoms with E-state index in [0.717, 1.165) is 48.6 Å². The van der Waals surface area contributed by atoms with Gasteiger partial charge in [-0.25, -0.2) is 9.97 Å². The zero-order chi connectivity index (χ0) is 12.4. The molecule has 18 heavy (non-hydrogen) atoms. The monoisotopic (exact) mass is 263 g/mol. The third kappa shape index (κ3) is 2.33. The molecule has 5 heteroatoms. The molecule has 0 saturated carbocycles. The highest BCUT2D eigenvalue weighted by atomic mass is 32.1. The largest absolute Gasteiger partial charge is 0.381 e. The number of hydrogen-bond donors (Lipinski definition) is 1. The van der Waals surface area contributed by atoms with Crippen molar-refractivity contribution in [2.24, 2.45) is 5.41 Å². The maximum atomic E-state index is 5.42. The Labute approximate surface area is 110 Å². The van der Waals surface area contributed by atoms with Crippen LogP contribution in [0.15, 0.2) is 17.8 Å². The fraction of sp³-hybridized carbons (Fsp3) is 0.538. The van der Waals surface area contributed by atoms with Gasteiger partial charge in [-0.1, -0.05) is 6.92 Å². The van der Waals surface area contributed by atoms with E-state index in [1.54, 1.807) is 17.7 Å². The van der Waals surface area contributed by atoms with Crippen molar-refractivity contribution in [1.82, 2.24) is 9.97 Å². The number of anilines is 1. The Kier molecular flexibility index (Phi) is 3.18. The highest BCUT2D eigenvalue weighted by Crippen LogP contribution is 2.31. The van der Waals surface area contributed by atoms with E-state index in [4.69, 9.17) is 4.74 Å². The lowest BCUT2D eigenvalue weighted by Crippen LogP contribution is -2.33. The van der Waals surface area contributed by atoms with Crippen LogP contribution in [0.5, 0.6) is 0 Å². The van der Waals surface area contributed by atoms with E-state index in [-0.39, 0.29) is 0 Å². The SMILES string of the molecule is CC1(CNc2ncnc3sccc23)CCOCC1. The molecule has 2 aromatic heterocycles. The molecular weight excluding hydrogens is 246 g/mol. The Balaban J connectivity index is 1.74. The smallest absolute Gasteiger partial charge is 0.138 e. The van der Waals surface area contributed by atoms with Crippen molar-refractivity contribution in [3.05, 3.63) is 17.8 Å². The minimum atomic E-state index is 0.311. The number of nitrogens with zero attached hydrogens (tertiary/aromatic N) is 2. The van der Waals surface area contributed by atoms with Crippen molar-refractivity contribution in [3.8, 4) is 0 Å². The molecule has 1 aliphatic heterocycles. The number of thiophene rings is 1. The van der Waals surface area contributed by atoms with E-state index in [2.05, 4.69) is 33.7 Å². The third-order valence-corrected chi connectivity index (χ3v) is 4.46. The van der Waals surface area contributed by atoms with Crippen molar-refractivity contribution in [2.45, 2.75) is 19.8 Å². The van der Waals surface area contributed by atoms with Gasteiger partial charge in [-0.05, 0) is 29.7 Å². The van der Waals surface area contributed by atoms with E-state index in [1.165, 1.54) is 0 Å². The van der Waals surface area contributed by atoms with Crippen LogP contribution >= 0.6 is 11.3 Å². The summed E-state index contributed by atoms with van der Waals surface area (Å²) >= 11 is 1.65. The molecule has 0 bridgehead atoms. The fourth-order valence-electron chi connectivity index (χ4n) is 2.27. The van der Waals surface area contributed by atoms with Gasteiger partial charge in [0, 0.05) is 19.8 Å². The number of ether oxygens (including phenoxy) is 1. The molecule has 0 unspecified atom stereocenters. The second kappa shape index (κ2) is 4.82. The summed E-state index contributed by atoms with van der Waals surface area (Å²) in [6.45, 7) is 5.00. The van der Waals surface area contributed by atoms with Gasteiger partial charge in [-0.3, -0.25) is 0 Å². The molecule has 0 radical (unpaired) electrons. The molecule has 1 N–H and O–H groups in total. The summed E-state index contributed by atoms with van der Waals surface area (Å²) < 4.78 is 5.42. The minimum Gasteiger partial charge on any atom is -0.381 e. The second-order valence-electron chi connectivity index (χ2n) is 5.14. The summed E-state index contributed by atoms with van der Waals surface area (Å²) in [7, 11) is 0. The van der Waals surface area contributed by atoms with E-state index >= 15 is 0 Å². The standard InChI is InChI=1S/C13H17N3OS/c1-13(3-5-17-6-4-13)8-14-11-10-2-7-18-12(10)16-9-15-11/h2,7,9H,3-6,8H2,1H3,(H,14,15,16). The molecule has 96 valence electrons. The average molecular weight is 263 g/mol. The maximum Gasteiger partial charge on any atom is 0.138 e. The molecule has 1 fully saturated rings. The van der Waals surface area contributed by atoms with Crippen LogP contribution in [0.3, 0.4) is 0 Å². The summed E-state index contributed by atoms with van der Waals surface area (Å²) in [5, 5.41) is 6.66. The fourth-order valence-corrected chi connectivity index (χ4v) is 3.00. The number of rotatable bonds is 3. The molecule has 1 saturated heterocycles. The summed E-state index contributed by atoms with van der Waals surface area (Å²) in [6, 6.07) is 2.08. The molecule has 0 aromatic carbocycles. The normalized spacial score (nSPS) is 18.9. The van der Waals surface area contributed by atoms with Gasteiger partial charge in [0.05, 0.1) is 5.39 Å². The molecule has 1 aliphatic rings. The Morgan fingerprint density at radius 1 is 1.39 bits per heavy atom. The van der Waals surface area contributed by atoms with Gasteiger partial charge in [0.15, 0.2) is 0 Å². The first-order valence-electron chi connectivity index (χ1n) is 6.27. The zero-order valence-corrected chi connectivity index (χ0v) is 11.3. The number of hydrogen-bond acceptors (Lipinski definition) is 5. The van der Waals surface area contributed by atoms with E-state index in [9.17, 15) is 0 Å². The summed E-state index contributed by atoms with van der Waals surface area (Å²) in [5.74, 6) is 0.953. The van der Waals surface area contributed by atoms with Gasteiger partial charge in [-0.2, -0.15) is 0 Å². The predicted molar refractivity (Wildman–Crippen MR) is 74.1 cm³/mol. The number of nitrogens with one attached hydrogen (secondary N) is 1.